The van der Waals surface area contributed by atoms with Crippen LogP contribution in [0.2, 0.25) is 0 Å². The Morgan fingerprint density at radius 1 is 0.284 bits per heavy atom. The summed E-state index contributed by atoms with van der Waals surface area (Å²) in [5.41, 5.74) is 0. The Morgan fingerprint density at radius 2 is 0.418 bits per heavy atom. The molecule has 0 saturated heterocycles. The summed E-state index contributed by atoms with van der Waals surface area (Å²) >= 11 is 0. The van der Waals surface area contributed by atoms with Crippen LogP contribution in [0.1, 0.15) is 13.8 Å². The molecule has 0 aliphatic carbocycles. The van der Waals surface area contributed by atoms with Gasteiger partial charge in [0.1, 0.15) is 0 Å². The van der Waals surface area contributed by atoms with Crippen molar-refractivity contribution in [2.24, 2.45) is 0 Å². The van der Waals surface area contributed by atoms with Crippen LogP contribution in [0.4, 0.5) is 0 Å². The molecule has 2 amide bonds. The summed E-state index contributed by atoms with van der Waals surface area (Å²) in [6, 6.07) is 0. The summed E-state index contributed by atoms with van der Waals surface area (Å²) in [4.78, 5) is 23.0. The molecule has 67 heavy (non-hydrogen) atoms. The Labute approximate surface area is 395 Å². The van der Waals surface area contributed by atoms with E-state index in [1.165, 1.54) is 17.1 Å². The van der Waals surface area contributed by atoms with E-state index in [-0.39, 0.29) is 11.8 Å². The predicted molar refractivity (Wildman–Crippen MR) is 261 cm³/mol. The minimum atomic E-state index is -0.217. The van der Waals surface area contributed by atoms with Crippen molar-refractivity contribution in [2.45, 2.75) is 13.8 Å². The lowest BCUT2D eigenvalue weighted by Crippen LogP contribution is -2.35. The van der Waals surface area contributed by atoms with Gasteiger partial charge in [0.15, 0.2) is 0 Å². The number of carbonyl (C=O) groups is 2. The molecule has 1 heterocycles. The SMILES string of the molecule is CC#CC#CC#CC#CC#CC#CC#CC#CC#CC#CC#CC#CC#CC#CC#CC#CC#CC#CC#CC#CC#CC#CC#CC#CC#CC#CC#CC.CNCCN1C(=O)C=CC1=O. The first-order valence-electron chi connectivity index (χ1n) is 17.7. The predicted octanol–water partition coefficient (Wildman–Crippen LogP) is 0.249. The molecule has 0 radical (unpaired) electrons. The Morgan fingerprint density at radius 3 is 0.537 bits per heavy atom. The van der Waals surface area contributed by atoms with Gasteiger partial charge in [-0.05, 0) is 116 Å². The molecular weight excluding hydrogens is 817 g/mol. The molecule has 1 rings (SSSR count). The molecule has 1 N–H and O–H groups in total. The highest BCUT2D eigenvalue weighted by atomic mass is 16.2. The number of nitrogens with one attached hydrogen (secondary N) is 1. The fourth-order valence-electron chi connectivity index (χ4n) is 2.56. The van der Waals surface area contributed by atoms with Crippen LogP contribution in [-0.2, 0) is 9.59 Å². The quantitative estimate of drug-likeness (QED) is 0.329. The maximum Gasteiger partial charge on any atom is 0.253 e. The van der Waals surface area contributed by atoms with Crippen LogP contribution >= 0.6 is 0 Å². The third-order valence-electron chi connectivity index (χ3n) is 4.92. The Balaban J connectivity index is 0.00000343. The molecule has 0 spiro atoms. The van der Waals surface area contributed by atoms with Crippen LogP contribution in [0, 0.1) is 320 Å². The van der Waals surface area contributed by atoms with Gasteiger partial charge in [-0.2, -0.15) is 0 Å². The first-order valence-corrected chi connectivity index (χ1v) is 17.7. The normalized spacial score (nSPS) is 6.04. The first kappa shape index (κ1) is 54.0. The van der Waals surface area contributed by atoms with E-state index >= 15 is 0 Å². The first-order chi connectivity index (χ1) is 33.2. The highest BCUT2D eigenvalue weighted by Gasteiger charge is 2.21. The van der Waals surface area contributed by atoms with Crippen molar-refractivity contribution in [1.29, 1.82) is 0 Å². The van der Waals surface area contributed by atoms with E-state index in [9.17, 15) is 9.59 Å². The number of hydrogen-bond donors (Lipinski definition) is 1. The highest BCUT2D eigenvalue weighted by molar-refractivity contribution is 6.12. The number of rotatable bonds is 3. The van der Waals surface area contributed by atoms with Gasteiger partial charge in [0.2, 0.25) is 0 Å². The maximum atomic E-state index is 10.9. The molecule has 1 aliphatic heterocycles. The third-order valence-corrected chi connectivity index (χ3v) is 4.92. The second-order valence-electron chi connectivity index (χ2n) is 9.27. The van der Waals surface area contributed by atoms with E-state index in [4.69, 9.17) is 0 Å². The monoisotopic (exact) mass is 832 g/mol. The molecule has 290 valence electrons. The van der Waals surface area contributed by atoms with Gasteiger partial charge >= 0.3 is 0 Å². The van der Waals surface area contributed by atoms with Crippen LogP contribution in [-0.4, -0.2) is 36.9 Å². The number of carbonyl (C=O) groups excluding carboxylic acids is 2. The number of likely N-dealkylation sites (N-methyl/N-ethyl adjacent to an activating group) is 1. The average molecular weight is 833 g/mol. The zero-order valence-corrected chi connectivity index (χ0v) is 35.3. The third kappa shape index (κ3) is 42.4. The number of hydrogen-bond acceptors (Lipinski definition) is 3. The zero-order chi connectivity index (χ0) is 48.5. The van der Waals surface area contributed by atoms with Crippen molar-refractivity contribution in [1.82, 2.24) is 10.2 Å². The van der Waals surface area contributed by atoms with E-state index < -0.39 is 0 Å². The van der Waals surface area contributed by atoms with Gasteiger partial charge in [0, 0.05) is 238 Å². The summed E-state index contributed by atoms with van der Waals surface area (Å²) in [5.74, 6) is 135. The van der Waals surface area contributed by atoms with Gasteiger partial charge in [-0.1, -0.05) is 11.8 Å². The van der Waals surface area contributed by atoms with Gasteiger partial charge in [0.05, 0.1) is 0 Å². The maximum absolute atomic E-state index is 10.9. The summed E-state index contributed by atoms with van der Waals surface area (Å²) in [6.07, 6.45) is 2.58. The molecule has 0 bridgehead atoms. The molecule has 4 heteroatoms. The zero-order valence-electron chi connectivity index (χ0n) is 35.3. The Kier molecular flexibility index (Phi) is 38.1. The lowest BCUT2D eigenvalue weighted by atomic mass is 10.4. The standard InChI is InChI=1S/C56H6.C7H10N2O2/c1-3-5-7-9-11-13-15-17-19-21-23-25-27-29-31-33-35-37-39-41-43-45-47-49-51-53-55-56-54-52-50-48-46-44-42-40-38-36-34-32-30-28-26-24-22-20-18-16-14-12-10-8-6-4-2;1-8-4-5-9-6(10)2-3-7(9)11/h1-2H3;2-3,8H,4-5H2,1H3. The average Bonchev–Trinajstić information content (AvgIpc) is 3.66. The Bertz CT molecular complexity index is 3660. The highest BCUT2D eigenvalue weighted by Crippen LogP contribution is 2.01. The lowest BCUT2D eigenvalue weighted by molar-refractivity contribution is -0.136. The van der Waals surface area contributed by atoms with Crippen LogP contribution in [0.3, 0.4) is 0 Å². The van der Waals surface area contributed by atoms with E-state index in [2.05, 4.69) is 325 Å². The van der Waals surface area contributed by atoms with Crippen molar-refractivity contribution in [3.05, 3.63) is 12.2 Å². The summed E-state index contributed by atoms with van der Waals surface area (Å²) < 4.78 is 0. The molecule has 0 aromatic carbocycles. The van der Waals surface area contributed by atoms with Crippen molar-refractivity contribution < 1.29 is 9.59 Å². The van der Waals surface area contributed by atoms with E-state index in [0.717, 1.165) is 0 Å². The minimum Gasteiger partial charge on any atom is -0.318 e. The van der Waals surface area contributed by atoms with Crippen molar-refractivity contribution in [2.75, 3.05) is 20.1 Å². The smallest absolute Gasteiger partial charge is 0.253 e. The lowest BCUT2D eigenvalue weighted by Gasteiger charge is -2.12. The van der Waals surface area contributed by atoms with Crippen molar-refractivity contribution in [3.63, 3.8) is 0 Å². The second-order valence-corrected chi connectivity index (χ2v) is 9.27. The molecule has 1 aliphatic rings. The van der Waals surface area contributed by atoms with Crippen LogP contribution < -0.4 is 5.32 Å². The molecule has 0 aromatic rings. The van der Waals surface area contributed by atoms with Crippen LogP contribution in [0.25, 0.3) is 0 Å². The fourth-order valence-corrected chi connectivity index (χ4v) is 2.56. The largest absolute Gasteiger partial charge is 0.318 e. The molecule has 4 nitrogen and oxygen atoms in total. The minimum absolute atomic E-state index is 0.217. The van der Waals surface area contributed by atoms with Crippen molar-refractivity contribution in [3.8, 4) is 320 Å². The van der Waals surface area contributed by atoms with Crippen LogP contribution in [0.5, 0.6) is 0 Å². The number of imide groups is 1. The summed E-state index contributed by atoms with van der Waals surface area (Å²) in [7, 11) is 1.78. The molecule has 0 fully saturated rings. The Hall–Kier alpha value is -13.0. The van der Waals surface area contributed by atoms with Gasteiger partial charge in [-0.25, -0.2) is 0 Å². The van der Waals surface area contributed by atoms with E-state index in [1.807, 2.05) is 0 Å². The summed E-state index contributed by atoms with van der Waals surface area (Å²) in [6.45, 7) is 4.46. The molecular formula is C63H16N2O2. The second kappa shape index (κ2) is 47.3. The van der Waals surface area contributed by atoms with E-state index in [0.29, 0.717) is 13.1 Å². The topological polar surface area (TPSA) is 49.4 Å². The summed E-state index contributed by atoms with van der Waals surface area (Å²) in [5, 5.41) is 2.86. The van der Waals surface area contributed by atoms with Gasteiger partial charge < -0.3 is 5.32 Å². The van der Waals surface area contributed by atoms with Crippen LogP contribution in [0.15, 0.2) is 12.2 Å². The molecule has 0 unspecified atom stereocenters. The van der Waals surface area contributed by atoms with Gasteiger partial charge in [-0.3, -0.25) is 14.5 Å². The number of amides is 2. The fraction of sp³-hybridized carbons (Fsp3) is 0.0794. The molecule has 0 saturated carbocycles. The number of nitrogens with zero attached hydrogens (tertiary/aromatic N) is 1. The molecule has 0 atom stereocenters. The van der Waals surface area contributed by atoms with Crippen molar-refractivity contribution >= 4 is 11.8 Å². The molecule has 0 aromatic heterocycles. The van der Waals surface area contributed by atoms with E-state index in [1.54, 1.807) is 20.9 Å². The van der Waals surface area contributed by atoms with Gasteiger partial charge in [-0.15, -0.1) is 0 Å². The van der Waals surface area contributed by atoms with Gasteiger partial charge in [0.25, 0.3) is 11.8 Å².